The van der Waals surface area contributed by atoms with Crippen molar-refractivity contribution >= 4 is 29.2 Å². The van der Waals surface area contributed by atoms with Crippen LogP contribution in [0, 0.1) is 6.92 Å². The molecule has 1 unspecified atom stereocenters. The molecule has 0 aliphatic carbocycles. The van der Waals surface area contributed by atoms with E-state index in [1.54, 1.807) is 0 Å². The van der Waals surface area contributed by atoms with Crippen molar-refractivity contribution in [3.63, 3.8) is 0 Å². The predicted octanol–water partition coefficient (Wildman–Crippen LogP) is 4.04. The molecule has 160 valence electrons. The Morgan fingerprint density at radius 3 is 2.70 bits per heavy atom. The van der Waals surface area contributed by atoms with Crippen molar-refractivity contribution in [1.82, 2.24) is 25.0 Å². The number of likely N-dealkylation sites (tertiary alicyclic amines) is 1. The van der Waals surface area contributed by atoms with Crippen LogP contribution in [0.5, 0.6) is 0 Å². The third kappa shape index (κ3) is 3.86. The Hall–Kier alpha value is -2.31. The number of piperidine rings is 2. The summed E-state index contributed by atoms with van der Waals surface area (Å²) in [7, 11) is 0. The van der Waals surface area contributed by atoms with Crippen LogP contribution in [0.2, 0.25) is 0 Å². The standard InChI is InChI=1S/C23H29N5O.ClH/c1-16-22(19-6-2-3-7-20(19)25-16)17-8-12-27(13-9-17)23(29)21-10-14-28(26-21)18-5-4-11-24-15-18;/h2-3,6-7,10,14,17-18,24-25H,4-5,8-9,11-13,15H2,1H3;1H. The summed E-state index contributed by atoms with van der Waals surface area (Å²) < 4.78 is 1.97. The minimum absolute atomic E-state index is 0. The third-order valence-electron chi connectivity index (χ3n) is 6.61. The summed E-state index contributed by atoms with van der Waals surface area (Å²) in [6.45, 7) is 5.76. The largest absolute Gasteiger partial charge is 0.358 e. The molecule has 4 heterocycles. The molecule has 2 aliphatic rings. The molecule has 1 atom stereocenters. The van der Waals surface area contributed by atoms with Gasteiger partial charge >= 0.3 is 0 Å². The highest BCUT2D eigenvalue weighted by molar-refractivity contribution is 5.92. The van der Waals surface area contributed by atoms with Gasteiger partial charge < -0.3 is 15.2 Å². The Balaban J connectivity index is 0.00000218. The van der Waals surface area contributed by atoms with E-state index >= 15 is 0 Å². The average molecular weight is 428 g/mol. The topological polar surface area (TPSA) is 66.0 Å². The number of aromatic nitrogens is 3. The Labute approximate surface area is 183 Å². The number of carbonyl (C=O) groups is 1. The Morgan fingerprint density at radius 2 is 1.93 bits per heavy atom. The van der Waals surface area contributed by atoms with Gasteiger partial charge in [-0.2, -0.15) is 5.10 Å². The Kier molecular flexibility index (Phi) is 6.16. The summed E-state index contributed by atoms with van der Waals surface area (Å²) >= 11 is 0. The molecule has 6 nitrogen and oxygen atoms in total. The number of carbonyl (C=O) groups excluding carboxylic acids is 1. The van der Waals surface area contributed by atoms with Crippen molar-refractivity contribution in [2.45, 2.75) is 44.6 Å². The van der Waals surface area contributed by atoms with Gasteiger partial charge in [-0.15, -0.1) is 12.4 Å². The molecular weight excluding hydrogens is 398 g/mol. The average Bonchev–Trinajstić information content (AvgIpc) is 3.38. The number of nitrogens with zero attached hydrogens (tertiary/aromatic N) is 3. The fourth-order valence-electron chi connectivity index (χ4n) is 5.07. The molecule has 0 spiro atoms. The monoisotopic (exact) mass is 427 g/mol. The van der Waals surface area contributed by atoms with Gasteiger partial charge in [0.25, 0.3) is 5.91 Å². The highest BCUT2D eigenvalue weighted by atomic mass is 35.5. The van der Waals surface area contributed by atoms with E-state index in [1.165, 1.54) is 22.2 Å². The number of aryl methyl sites for hydroxylation is 1. The second kappa shape index (κ2) is 8.82. The highest BCUT2D eigenvalue weighted by Crippen LogP contribution is 2.35. The number of hydrogen-bond acceptors (Lipinski definition) is 3. The van der Waals surface area contributed by atoms with Crippen LogP contribution in [-0.2, 0) is 0 Å². The van der Waals surface area contributed by atoms with E-state index in [-0.39, 0.29) is 18.3 Å². The molecular formula is C23H30ClN5O. The highest BCUT2D eigenvalue weighted by Gasteiger charge is 2.28. The molecule has 1 amide bonds. The normalized spacial score (nSPS) is 20.3. The van der Waals surface area contributed by atoms with E-state index in [0.717, 1.165) is 51.9 Å². The van der Waals surface area contributed by atoms with Crippen LogP contribution in [0.15, 0.2) is 36.5 Å². The number of nitrogens with one attached hydrogen (secondary N) is 2. The van der Waals surface area contributed by atoms with Crippen molar-refractivity contribution in [3.05, 3.63) is 53.5 Å². The van der Waals surface area contributed by atoms with Crippen LogP contribution in [0.4, 0.5) is 0 Å². The van der Waals surface area contributed by atoms with E-state index in [4.69, 9.17) is 0 Å². The number of H-pyrrole nitrogens is 1. The summed E-state index contributed by atoms with van der Waals surface area (Å²) in [5, 5.41) is 9.35. The molecule has 2 aromatic heterocycles. The van der Waals surface area contributed by atoms with Crippen molar-refractivity contribution in [3.8, 4) is 0 Å². The van der Waals surface area contributed by atoms with E-state index in [2.05, 4.69) is 46.6 Å². The molecule has 0 radical (unpaired) electrons. The van der Waals surface area contributed by atoms with Gasteiger partial charge in [-0.3, -0.25) is 9.48 Å². The number of benzene rings is 1. The van der Waals surface area contributed by atoms with Crippen LogP contribution >= 0.6 is 12.4 Å². The van der Waals surface area contributed by atoms with Gasteiger partial charge in [0.15, 0.2) is 0 Å². The maximum Gasteiger partial charge on any atom is 0.274 e. The molecule has 3 aromatic rings. The molecule has 2 N–H and O–H groups in total. The zero-order valence-corrected chi connectivity index (χ0v) is 18.3. The quantitative estimate of drug-likeness (QED) is 0.663. The zero-order chi connectivity index (χ0) is 19.8. The second-order valence-electron chi connectivity index (χ2n) is 8.46. The molecule has 0 bridgehead atoms. The van der Waals surface area contributed by atoms with Gasteiger partial charge in [-0.1, -0.05) is 18.2 Å². The number of hydrogen-bond donors (Lipinski definition) is 2. The Morgan fingerprint density at radius 1 is 1.13 bits per heavy atom. The maximum atomic E-state index is 13.0. The first-order valence-corrected chi connectivity index (χ1v) is 10.8. The van der Waals surface area contributed by atoms with Crippen LogP contribution in [0.25, 0.3) is 10.9 Å². The minimum atomic E-state index is 0. The van der Waals surface area contributed by atoms with Gasteiger partial charge in [-0.25, -0.2) is 0 Å². The first-order chi connectivity index (χ1) is 14.2. The fraction of sp³-hybridized carbons (Fsp3) is 0.478. The summed E-state index contributed by atoms with van der Waals surface area (Å²) in [4.78, 5) is 18.5. The molecule has 30 heavy (non-hydrogen) atoms. The van der Waals surface area contributed by atoms with Crippen LogP contribution in [0.3, 0.4) is 0 Å². The van der Waals surface area contributed by atoms with Crippen molar-refractivity contribution in [2.75, 3.05) is 26.2 Å². The van der Waals surface area contributed by atoms with Crippen molar-refractivity contribution in [2.24, 2.45) is 0 Å². The predicted molar refractivity (Wildman–Crippen MR) is 122 cm³/mol. The summed E-state index contributed by atoms with van der Waals surface area (Å²) in [5.41, 5.74) is 4.48. The van der Waals surface area contributed by atoms with Gasteiger partial charge in [-0.05, 0) is 62.8 Å². The lowest BCUT2D eigenvalue weighted by Gasteiger charge is -2.32. The molecule has 7 heteroatoms. The minimum Gasteiger partial charge on any atom is -0.358 e. The van der Waals surface area contributed by atoms with Gasteiger partial charge in [0.2, 0.25) is 0 Å². The lowest BCUT2D eigenvalue weighted by molar-refractivity contribution is 0.0705. The van der Waals surface area contributed by atoms with Crippen molar-refractivity contribution < 1.29 is 4.79 Å². The molecule has 5 rings (SSSR count). The SMILES string of the molecule is Cc1[nH]c2ccccc2c1C1CCN(C(=O)c2ccn(C3CCCNC3)n2)CC1.Cl. The molecule has 2 aliphatic heterocycles. The van der Waals surface area contributed by atoms with Gasteiger partial charge in [0.1, 0.15) is 5.69 Å². The van der Waals surface area contributed by atoms with Crippen LogP contribution in [0.1, 0.15) is 59.4 Å². The molecule has 0 saturated carbocycles. The van der Waals surface area contributed by atoms with E-state index in [0.29, 0.717) is 17.7 Å². The van der Waals surface area contributed by atoms with E-state index < -0.39 is 0 Å². The van der Waals surface area contributed by atoms with E-state index in [9.17, 15) is 4.79 Å². The molecule has 2 fully saturated rings. The molecule has 2 saturated heterocycles. The lowest BCUT2D eigenvalue weighted by Crippen LogP contribution is -2.38. The number of fused-ring (bicyclic) bond motifs is 1. The van der Waals surface area contributed by atoms with Gasteiger partial charge in [0.05, 0.1) is 6.04 Å². The zero-order valence-electron chi connectivity index (χ0n) is 17.4. The fourth-order valence-corrected chi connectivity index (χ4v) is 5.07. The molecule has 1 aromatic carbocycles. The number of para-hydroxylation sites is 1. The first-order valence-electron chi connectivity index (χ1n) is 10.8. The lowest BCUT2D eigenvalue weighted by atomic mass is 9.87. The summed E-state index contributed by atoms with van der Waals surface area (Å²) in [6.07, 6.45) is 6.25. The number of aromatic amines is 1. The third-order valence-corrected chi connectivity index (χ3v) is 6.61. The second-order valence-corrected chi connectivity index (χ2v) is 8.46. The summed E-state index contributed by atoms with van der Waals surface area (Å²) in [5.74, 6) is 0.572. The van der Waals surface area contributed by atoms with Crippen molar-refractivity contribution in [1.29, 1.82) is 0 Å². The number of rotatable bonds is 3. The smallest absolute Gasteiger partial charge is 0.274 e. The maximum absolute atomic E-state index is 13.0. The Bertz CT molecular complexity index is 1010. The van der Waals surface area contributed by atoms with Gasteiger partial charge in [0, 0.05) is 42.4 Å². The van der Waals surface area contributed by atoms with Crippen LogP contribution < -0.4 is 5.32 Å². The number of amides is 1. The van der Waals surface area contributed by atoms with Crippen LogP contribution in [-0.4, -0.2) is 51.8 Å². The first kappa shape index (κ1) is 20.9. The summed E-state index contributed by atoms with van der Waals surface area (Å²) in [6, 6.07) is 10.8. The number of halogens is 1. The van der Waals surface area contributed by atoms with E-state index in [1.807, 2.05) is 21.8 Å².